The molecule has 1 unspecified atom stereocenters. The summed E-state index contributed by atoms with van der Waals surface area (Å²) in [5.41, 5.74) is 1.28. The molecule has 0 saturated heterocycles. The van der Waals surface area contributed by atoms with Gasteiger partial charge >= 0.3 is 5.97 Å². The molecule has 1 rings (SSSR count). The fraction of sp³-hybridized carbons (Fsp3) is 0.500. The third kappa shape index (κ3) is 4.21. The van der Waals surface area contributed by atoms with E-state index in [0.29, 0.717) is 12.6 Å². The van der Waals surface area contributed by atoms with Crippen LogP contribution in [0.5, 0.6) is 0 Å². The number of carboxylic acids is 1. The standard InChI is InChI=1S/C14H20BrNO3/c1-4-10(2)16(7-8-19-3)13-6-5-11(14(17)18)9-12(13)15/h5-6,9-10H,4,7-8H2,1-3H3,(H,17,18). The molecule has 0 aliphatic rings. The molecule has 19 heavy (non-hydrogen) atoms. The lowest BCUT2D eigenvalue weighted by atomic mass is 10.1. The van der Waals surface area contributed by atoms with E-state index in [1.165, 1.54) is 0 Å². The van der Waals surface area contributed by atoms with E-state index in [0.717, 1.165) is 23.1 Å². The summed E-state index contributed by atoms with van der Waals surface area (Å²) < 4.78 is 5.93. The SMILES string of the molecule is CCC(C)N(CCOC)c1ccc(C(=O)O)cc1Br. The van der Waals surface area contributed by atoms with Crippen LogP contribution in [0.2, 0.25) is 0 Å². The highest BCUT2D eigenvalue weighted by Crippen LogP contribution is 2.29. The minimum Gasteiger partial charge on any atom is -0.478 e. The molecule has 0 aliphatic heterocycles. The molecule has 0 fully saturated rings. The zero-order valence-corrected chi connectivity index (χ0v) is 13.1. The molecule has 0 heterocycles. The van der Waals surface area contributed by atoms with Crippen molar-refractivity contribution in [2.75, 3.05) is 25.2 Å². The van der Waals surface area contributed by atoms with Crippen molar-refractivity contribution < 1.29 is 14.6 Å². The Kier molecular flexibility index (Phi) is 6.31. The summed E-state index contributed by atoms with van der Waals surface area (Å²) in [6.45, 7) is 5.69. The van der Waals surface area contributed by atoms with Crippen molar-refractivity contribution in [3.05, 3.63) is 28.2 Å². The maximum absolute atomic E-state index is 10.9. The predicted molar refractivity (Wildman–Crippen MR) is 80.1 cm³/mol. The molecule has 5 heteroatoms. The Balaban J connectivity index is 3.04. The van der Waals surface area contributed by atoms with Crippen molar-refractivity contribution in [2.24, 2.45) is 0 Å². The number of anilines is 1. The molecular weight excluding hydrogens is 310 g/mol. The van der Waals surface area contributed by atoms with Crippen LogP contribution in [0.15, 0.2) is 22.7 Å². The molecule has 0 amide bonds. The normalized spacial score (nSPS) is 12.2. The van der Waals surface area contributed by atoms with Crippen molar-refractivity contribution >= 4 is 27.6 Å². The van der Waals surface area contributed by atoms with Crippen LogP contribution in [0.4, 0.5) is 5.69 Å². The summed E-state index contributed by atoms with van der Waals surface area (Å²) in [5, 5.41) is 8.98. The van der Waals surface area contributed by atoms with E-state index >= 15 is 0 Å². The van der Waals surface area contributed by atoms with Crippen molar-refractivity contribution in [3.63, 3.8) is 0 Å². The second kappa shape index (κ2) is 7.50. The smallest absolute Gasteiger partial charge is 0.335 e. The van der Waals surface area contributed by atoms with E-state index < -0.39 is 5.97 Å². The predicted octanol–water partition coefficient (Wildman–Crippen LogP) is 3.40. The molecule has 1 aromatic carbocycles. The van der Waals surface area contributed by atoms with Gasteiger partial charge in [0.25, 0.3) is 0 Å². The number of hydrogen-bond donors (Lipinski definition) is 1. The first-order valence-electron chi connectivity index (χ1n) is 6.29. The number of rotatable bonds is 7. The summed E-state index contributed by atoms with van der Waals surface area (Å²) in [4.78, 5) is 13.2. The average Bonchev–Trinajstić information content (AvgIpc) is 2.39. The lowest BCUT2D eigenvalue weighted by Gasteiger charge is -2.31. The maximum Gasteiger partial charge on any atom is 0.335 e. The van der Waals surface area contributed by atoms with Gasteiger partial charge in [-0.15, -0.1) is 0 Å². The molecule has 0 spiro atoms. The molecule has 4 nitrogen and oxygen atoms in total. The van der Waals surface area contributed by atoms with Crippen LogP contribution in [-0.4, -0.2) is 37.4 Å². The summed E-state index contributed by atoms with van der Waals surface area (Å²) in [6.07, 6.45) is 1.01. The van der Waals surface area contributed by atoms with Gasteiger partial charge in [0.05, 0.1) is 17.9 Å². The van der Waals surface area contributed by atoms with E-state index in [-0.39, 0.29) is 5.56 Å². The minimum atomic E-state index is -0.917. The summed E-state index contributed by atoms with van der Waals surface area (Å²) in [6, 6.07) is 5.47. The van der Waals surface area contributed by atoms with Crippen LogP contribution < -0.4 is 4.90 Å². The molecule has 106 valence electrons. The van der Waals surface area contributed by atoms with Gasteiger partial charge in [0.2, 0.25) is 0 Å². The first-order chi connectivity index (χ1) is 9.01. The summed E-state index contributed by atoms with van der Waals surface area (Å²) in [7, 11) is 1.68. The second-order valence-electron chi connectivity index (χ2n) is 4.41. The van der Waals surface area contributed by atoms with Gasteiger partial charge in [-0.25, -0.2) is 4.79 Å². The molecule has 1 aromatic rings. The number of halogens is 1. The molecule has 0 bridgehead atoms. The average molecular weight is 330 g/mol. The van der Waals surface area contributed by atoms with E-state index in [4.69, 9.17) is 9.84 Å². The Morgan fingerprint density at radius 3 is 2.68 bits per heavy atom. The number of nitrogens with zero attached hydrogens (tertiary/aromatic N) is 1. The van der Waals surface area contributed by atoms with Gasteiger partial charge in [-0.2, -0.15) is 0 Å². The van der Waals surface area contributed by atoms with Crippen LogP contribution in [0.1, 0.15) is 30.6 Å². The van der Waals surface area contributed by atoms with Gasteiger partial charge in [-0.1, -0.05) is 6.92 Å². The quantitative estimate of drug-likeness (QED) is 0.832. The van der Waals surface area contributed by atoms with Crippen LogP contribution in [-0.2, 0) is 4.74 Å². The Morgan fingerprint density at radius 1 is 1.53 bits per heavy atom. The third-order valence-corrected chi connectivity index (χ3v) is 3.80. The number of methoxy groups -OCH3 is 1. The largest absolute Gasteiger partial charge is 0.478 e. The molecule has 0 radical (unpaired) electrons. The van der Waals surface area contributed by atoms with Crippen molar-refractivity contribution in [2.45, 2.75) is 26.3 Å². The highest BCUT2D eigenvalue weighted by atomic mass is 79.9. The maximum atomic E-state index is 10.9. The first kappa shape index (κ1) is 16.0. The summed E-state index contributed by atoms with van der Waals surface area (Å²) >= 11 is 3.46. The number of ether oxygens (including phenoxy) is 1. The first-order valence-corrected chi connectivity index (χ1v) is 7.09. The second-order valence-corrected chi connectivity index (χ2v) is 5.27. The Morgan fingerprint density at radius 2 is 2.21 bits per heavy atom. The number of aromatic carboxylic acids is 1. The Bertz CT molecular complexity index is 437. The van der Waals surface area contributed by atoms with Gasteiger partial charge in [0, 0.05) is 24.2 Å². The number of carbonyl (C=O) groups is 1. The summed E-state index contributed by atoms with van der Waals surface area (Å²) in [5.74, 6) is -0.917. The van der Waals surface area contributed by atoms with Gasteiger partial charge in [0.15, 0.2) is 0 Å². The van der Waals surface area contributed by atoms with Crippen molar-refractivity contribution in [1.82, 2.24) is 0 Å². The molecule has 1 N–H and O–H groups in total. The number of hydrogen-bond acceptors (Lipinski definition) is 3. The third-order valence-electron chi connectivity index (χ3n) is 3.16. The van der Waals surface area contributed by atoms with E-state index in [1.54, 1.807) is 19.2 Å². The van der Waals surface area contributed by atoms with Gasteiger partial charge < -0.3 is 14.7 Å². The van der Waals surface area contributed by atoms with E-state index in [1.807, 2.05) is 6.07 Å². The highest BCUT2D eigenvalue weighted by molar-refractivity contribution is 9.10. The van der Waals surface area contributed by atoms with Crippen LogP contribution >= 0.6 is 15.9 Å². The van der Waals surface area contributed by atoms with Gasteiger partial charge in [-0.3, -0.25) is 0 Å². The topological polar surface area (TPSA) is 49.8 Å². The van der Waals surface area contributed by atoms with Crippen molar-refractivity contribution in [3.8, 4) is 0 Å². The van der Waals surface area contributed by atoms with Crippen LogP contribution in [0.25, 0.3) is 0 Å². The Hall–Kier alpha value is -1.07. The fourth-order valence-electron chi connectivity index (χ4n) is 1.86. The van der Waals surface area contributed by atoms with E-state index in [9.17, 15) is 4.79 Å². The van der Waals surface area contributed by atoms with Crippen LogP contribution in [0, 0.1) is 0 Å². The van der Waals surface area contributed by atoms with Crippen LogP contribution in [0.3, 0.4) is 0 Å². The lowest BCUT2D eigenvalue weighted by molar-refractivity contribution is 0.0697. The van der Waals surface area contributed by atoms with Crippen molar-refractivity contribution in [1.29, 1.82) is 0 Å². The molecule has 0 saturated carbocycles. The monoisotopic (exact) mass is 329 g/mol. The van der Waals surface area contributed by atoms with Gasteiger partial charge in [0.1, 0.15) is 0 Å². The molecule has 1 atom stereocenters. The Labute approximate surface area is 122 Å². The zero-order valence-electron chi connectivity index (χ0n) is 11.5. The molecule has 0 aromatic heterocycles. The zero-order chi connectivity index (χ0) is 14.4. The lowest BCUT2D eigenvalue weighted by Crippen LogP contribution is -2.35. The van der Waals surface area contributed by atoms with E-state index in [2.05, 4.69) is 34.7 Å². The molecular formula is C14H20BrNO3. The fourth-order valence-corrected chi connectivity index (χ4v) is 2.47. The number of benzene rings is 1. The minimum absolute atomic E-state index is 0.284. The highest BCUT2D eigenvalue weighted by Gasteiger charge is 2.16. The van der Waals surface area contributed by atoms with Gasteiger partial charge in [-0.05, 0) is 47.5 Å². The number of carboxylic acid groups (broad SMARTS) is 1. The molecule has 0 aliphatic carbocycles.